The molecule has 0 radical (unpaired) electrons. The molecule has 1 N–H and O–H groups in total. The summed E-state index contributed by atoms with van der Waals surface area (Å²) in [6, 6.07) is 19.1. The number of benzene rings is 3. The molecular weight excluding hydrogens is 463 g/mol. The minimum absolute atomic E-state index is 0.100. The fraction of sp³-hybridized carbons (Fsp3) is 0.125. The number of hydrogen-bond acceptors (Lipinski definition) is 5. The van der Waals surface area contributed by atoms with Crippen molar-refractivity contribution < 1.29 is 22.3 Å². The van der Waals surface area contributed by atoms with Crippen molar-refractivity contribution in [2.75, 3.05) is 23.3 Å². The lowest BCUT2D eigenvalue weighted by Crippen LogP contribution is -2.30. The summed E-state index contributed by atoms with van der Waals surface area (Å²) in [7, 11) is -2.28. The predicted molar refractivity (Wildman–Crippen MR) is 129 cm³/mol. The second-order valence-corrected chi connectivity index (χ2v) is 10.1. The number of carbonyl (C=O) groups is 1. The number of amides is 1. The van der Waals surface area contributed by atoms with E-state index in [0.29, 0.717) is 16.3 Å². The molecule has 0 atom stereocenters. The van der Waals surface area contributed by atoms with Gasteiger partial charge in [0.1, 0.15) is 11.6 Å². The Morgan fingerprint density at radius 2 is 1.79 bits per heavy atom. The molecule has 6 nitrogen and oxygen atoms in total. The lowest BCUT2D eigenvalue weighted by atomic mass is 10.2. The number of rotatable bonds is 7. The fourth-order valence-corrected chi connectivity index (χ4v) is 5.81. The molecule has 0 aliphatic rings. The van der Waals surface area contributed by atoms with Gasteiger partial charge < -0.3 is 10.1 Å². The van der Waals surface area contributed by atoms with Gasteiger partial charge in [-0.2, -0.15) is 0 Å². The Labute approximate surface area is 195 Å². The van der Waals surface area contributed by atoms with Gasteiger partial charge in [0.25, 0.3) is 15.9 Å². The summed E-state index contributed by atoms with van der Waals surface area (Å²) in [5.41, 5.74) is 0.586. The molecule has 0 spiro atoms. The van der Waals surface area contributed by atoms with Gasteiger partial charge in [-0.3, -0.25) is 9.10 Å². The summed E-state index contributed by atoms with van der Waals surface area (Å²) >= 11 is 1.25. The molecule has 0 aliphatic carbocycles. The number of nitrogens with zero attached hydrogens (tertiary/aromatic N) is 1. The number of ether oxygens (including phenoxy) is 1. The van der Waals surface area contributed by atoms with E-state index in [0.717, 1.165) is 10.1 Å². The third-order valence-corrected chi connectivity index (χ3v) is 8.10. The topological polar surface area (TPSA) is 75.7 Å². The van der Waals surface area contributed by atoms with Crippen molar-refractivity contribution in [1.29, 1.82) is 0 Å². The summed E-state index contributed by atoms with van der Waals surface area (Å²) in [6.07, 6.45) is 0. The quantitative estimate of drug-likeness (QED) is 0.375. The SMILES string of the molecule is CCN(c1ccc2sc(C(=O)Nc3ccccc3F)cc2c1)S(=O)(=O)c1ccc(OC)cc1. The Hall–Kier alpha value is -3.43. The second-order valence-electron chi connectivity index (χ2n) is 7.11. The van der Waals surface area contributed by atoms with Crippen molar-refractivity contribution in [1.82, 2.24) is 0 Å². The molecule has 3 aromatic carbocycles. The van der Waals surface area contributed by atoms with E-state index >= 15 is 0 Å². The van der Waals surface area contributed by atoms with E-state index in [-0.39, 0.29) is 17.1 Å². The maximum atomic E-state index is 13.9. The molecule has 0 unspecified atom stereocenters. The van der Waals surface area contributed by atoms with Gasteiger partial charge in [0.05, 0.1) is 28.3 Å². The van der Waals surface area contributed by atoms with Gasteiger partial charge in [0.2, 0.25) is 0 Å². The van der Waals surface area contributed by atoms with E-state index in [9.17, 15) is 17.6 Å². The zero-order valence-corrected chi connectivity index (χ0v) is 19.5. The summed E-state index contributed by atoms with van der Waals surface area (Å²) in [4.78, 5) is 13.2. The first-order chi connectivity index (χ1) is 15.8. The molecule has 4 aromatic rings. The molecule has 0 saturated carbocycles. The smallest absolute Gasteiger partial charge is 0.265 e. The van der Waals surface area contributed by atoms with Gasteiger partial charge in [0, 0.05) is 11.2 Å². The second kappa shape index (κ2) is 9.21. The van der Waals surface area contributed by atoms with Gasteiger partial charge in [-0.1, -0.05) is 12.1 Å². The van der Waals surface area contributed by atoms with E-state index in [4.69, 9.17) is 4.74 Å². The summed E-state index contributed by atoms with van der Waals surface area (Å²) in [5.74, 6) is -0.379. The summed E-state index contributed by atoms with van der Waals surface area (Å²) < 4.78 is 47.6. The summed E-state index contributed by atoms with van der Waals surface area (Å²) in [6.45, 7) is 1.98. The summed E-state index contributed by atoms with van der Waals surface area (Å²) in [5, 5.41) is 3.29. The molecule has 4 rings (SSSR count). The van der Waals surface area contributed by atoms with Gasteiger partial charge in [0.15, 0.2) is 0 Å². The van der Waals surface area contributed by atoms with Crippen molar-refractivity contribution in [2.24, 2.45) is 0 Å². The van der Waals surface area contributed by atoms with E-state index in [1.165, 1.54) is 47.0 Å². The lowest BCUT2D eigenvalue weighted by molar-refractivity contribution is 0.103. The fourth-order valence-electron chi connectivity index (χ4n) is 3.41. The third kappa shape index (κ3) is 4.55. The van der Waals surface area contributed by atoms with Crippen molar-refractivity contribution in [2.45, 2.75) is 11.8 Å². The van der Waals surface area contributed by atoms with Crippen LogP contribution in [0.2, 0.25) is 0 Å². The molecule has 33 heavy (non-hydrogen) atoms. The largest absolute Gasteiger partial charge is 0.497 e. The predicted octanol–water partition coefficient (Wildman–Crippen LogP) is 5.52. The first-order valence-corrected chi connectivity index (χ1v) is 12.4. The molecule has 1 aromatic heterocycles. The van der Waals surface area contributed by atoms with Crippen LogP contribution in [0.5, 0.6) is 5.75 Å². The van der Waals surface area contributed by atoms with E-state index < -0.39 is 21.7 Å². The van der Waals surface area contributed by atoms with Crippen LogP contribution in [0.15, 0.2) is 77.7 Å². The zero-order chi connectivity index (χ0) is 23.6. The van der Waals surface area contributed by atoms with Gasteiger partial charge >= 0.3 is 0 Å². The maximum Gasteiger partial charge on any atom is 0.265 e. The third-order valence-electron chi connectivity index (χ3n) is 5.07. The molecular formula is C24H21FN2O4S2. The molecule has 1 amide bonds. The highest BCUT2D eigenvalue weighted by Crippen LogP contribution is 2.32. The van der Waals surface area contributed by atoms with Crippen LogP contribution in [0.25, 0.3) is 10.1 Å². The number of fused-ring (bicyclic) bond motifs is 1. The highest BCUT2D eigenvalue weighted by molar-refractivity contribution is 7.92. The first-order valence-electron chi connectivity index (χ1n) is 10.1. The van der Waals surface area contributed by atoms with Crippen LogP contribution in [0.3, 0.4) is 0 Å². The van der Waals surface area contributed by atoms with Crippen LogP contribution >= 0.6 is 11.3 Å². The Kier molecular flexibility index (Phi) is 6.35. The highest BCUT2D eigenvalue weighted by atomic mass is 32.2. The van der Waals surface area contributed by atoms with Crippen molar-refractivity contribution >= 4 is 48.7 Å². The minimum Gasteiger partial charge on any atom is -0.497 e. The number of sulfonamides is 1. The number of carbonyl (C=O) groups excluding carboxylic acids is 1. The number of anilines is 2. The first kappa shape index (κ1) is 22.8. The Balaban J connectivity index is 1.64. The standard InChI is InChI=1S/C24H21FN2O4S2/c1-3-27(33(29,30)19-11-9-18(31-2)10-12-19)17-8-13-22-16(14-17)15-23(32-22)24(28)26-21-7-5-4-6-20(21)25/h4-15H,3H2,1-2H3,(H,26,28). The molecule has 9 heteroatoms. The van der Waals surface area contributed by atoms with Crippen LogP contribution in [0.4, 0.5) is 15.8 Å². The van der Waals surface area contributed by atoms with Crippen LogP contribution in [-0.4, -0.2) is 28.0 Å². The molecule has 0 saturated heterocycles. The van der Waals surface area contributed by atoms with Gasteiger partial charge in [-0.15, -0.1) is 11.3 Å². The zero-order valence-electron chi connectivity index (χ0n) is 17.9. The van der Waals surface area contributed by atoms with E-state index in [2.05, 4.69) is 5.32 Å². The number of methoxy groups -OCH3 is 1. The Morgan fingerprint density at radius 1 is 1.06 bits per heavy atom. The van der Waals surface area contributed by atoms with E-state index in [1.807, 2.05) is 0 Å². The molecule has 0 bridgehead atoms. The molecule has 0 aliphatic heterocycles. The number of halogens is 1. The van der Waals surface area contributed by atoms with Crippen LogP contribution < -0.4 is 14.4 Å². The average Bonchev–Trinajstić information content (AvgIpc) is 3.25. The molecule has 1 heterocycles. The van der Waals surface area contributed by atoms with Crippen LogP contribution in [0.1, 0.15) is 16.6 Å². The Bertz CT molecular complexity index is 1420. The number of hydrogen-bond donors (Lipinski definition) is 1. The number of para-hydroxylation sites is 1. The molecule has 170 valence electrons. The van der Waals surface area contributed by atoms with Crippen LogP contribution in [0, 0.1) is 5.82 Å². The minimum atomic E-state index is -3.79. The molecule has 0 fully saturated rings. The van der Waals surface area contributed by atoms with Crippen molar-refractivity contribution in [3.05, 3.63) is 83.5 Å². The van der Waals surface area contributed by atoms with Gasteiger partial charge in [-0.05, 0) is 73.0 Å². The van der Waals surface area contributed by atoms with E-state index in [1.54, 1.807) is 55.5 Å². The highest BCUT2D eigenvalue weighted by Gasteiger charge is 2.24. The number of nitrogens with one attached hydrogen (secondary N) is 1. The van der Waals surface area contributed by atoms with Crippen molar-refractivity contribution in [3.63, 3.8) is 0 Å². The Morgan fingerprint density at radius 3 is 2.45 bits per heavy atom. The normalized spacial score (nSPS) is 11.4. The number of thiophene rings is 1. The average molecular weight is 485 g/mol. The lowest BCUT2D eigenvalue weighted by Gasteiger charge is -2.23. The monoisotopic (exact) mass is 484 g/mol. The van der Waals surface area contributed by atoms with Crippen molar-refractivity contribution in [3.8, 4) is 5.75 Å². The van der Waals surface area contributed by atoms with Crippen LogP contribution in [-0.2, 0) is 10.0 Å². The van der Waals surface area contributed by atoms with Gasteiger partial charge in [-0.25, -0.2) is 12.8 Å². The maximum absolute atomic E-state index is 13.9.